The summed E-state index contributed by atoms with van der Waals surface area (Å²) in [6.07, 6.45) is 1.75. The molecule has 0 fully saturated rings. The van der Waals surface area contributed by atoms with E-state index in [2.05, 4.69) is 10.2 Å². The molecule has 0 unspecified atom stereocenters. The van der Waals surface area contributed by atoms with Crippen LogP contribution in [0.5, 0.6) is 11.5 Å². The maximum atomic E-state index is 13.0. The van der Waals surface area contributed by atoms with Crippen LogP contribution in [0.25, 0.3) is 16.7 Å². The van der Waals surface area contributed by atoms with Crippen molar-refractivity contribution in [1.82, 2.24) is 15.0 Å². The Hall–Kier alpha value is -4.78. The summed E-state index contributed by atoms with van der Waals surface area (Å²) in [5.74, 6) is -0.657. The molecule has 0 bridgehead atoms. The molecule has 7 heteroatoms. The fourth-order valence-electron chi connectivity index (χ4n) is 3.85. The third kappa shape index (κ3) is 5.26. The summed E-state index contributed by atoms with van der Waals surface area (Å²) in [6, 6.07) is 26.7. The van der Waals surface area contributed by atoms with Crippen molar-refractivity contribution in [1.29, 1.82) is 0 Å². The lowest BCUT2D eigenvalue weighted by Crippen LogP contribution is -2.13. The van der Waals surface area contributed by atoms with Crippen molar-refractivity contribution >= 4 is 23.0 Å². The van der Waals surface area contributed by atoms with Gasteiger partial charge in [-0.05, 0) is 72.5 Å². The Morgan fingerprint density at radius 2 is 1.19 bits per heavy atom. The fraction of sp³-hybridized carbons (Fsp3) is 0.133. The molecule has 5 aromatic rings. The molecule has 7 nitrogen and oxygen atoms in total. The normalized spacial score (nSPS) is 10.9. The highest BCUT2D eigenvalue weighted by atomic mass is 16.5. The minimum Gasteiger partial charge on any atom is -0.423 e. The molecule has 0 radical (unpaired) electrons. The lowest BCUT2D eigenvalue weighted by atomic mass is 10.1. The predicted molar refractivity (Wildman–Crippen MR) is 140 cm³/mol. The average Bonchev–Trinajstić information content (AvgIpc) is 3.37. The number of carbonyl (C=O) groups excluding carboxylic acids is 2. The molecule has 5 rings (SSSR count). The van der Waals surface area contributed by atoms with Gasteiger partial charge < -0.3 is 9.47 Å². The lowest BCUT2D eigenvalue weighted by Gasteiger charge is -2.12. The van der Waals surface area contributed by atoms with Crippen LogP contribution in [-0.4, -0.2) is 26.9 Å². The molecular formula is C30H25N3O4. The molecule has 0 amide bonds. The number of benzene rings is 4. The Balaban J connectivity index is 1.47. The largest absolute Gasteiger partial charge is 0.423 e. The number of fused-ring (bicyclic) bond motifs is 1. The number of hydrogen-bond acceptors (Lipinski definition) is 6. The summed E-state index contributed by atoms with van der Waals surface area (Å²) in [5, 5.41) is 9.01. The first kappa shape index (κ1) is 23.9. The molecule has 184 valence electrons. The number of ether oxygens (including phenoxy) is 2. The maximum Gasteiger partial charge on any atom is 0.343 e. The van der Waals surface area contributed by atoms with E-state index in [0.29, 0.717) is 27.8 Å². The number of carbonyl (C=O) groups is 2. The van der Waals surface area contributed by atoms with Crippen LogP contribution >= 0.6 is 0 Å². The second-order valence-electron chi connectivity index (χ2n) is 8.49. The van der Waals surface area contributed by atoms with Gasteiger partial charge in [0.1, 0.15) is 22.5 Å². The molecule has 0 spiro atoms. The van der Waals surface area contributed by atoms with Crippen LogP contribution in [0.3, 0.4) is 0 Å². The molecule has 0 N–H and O–H groups in total. The highest BCUT2D eigenvalue weighted by Gasteiger charge is 2.18. The molecule has 0 aliphatic heterocycles. The van der Waals surface area contributed by atoms with Crippen molar-refractivity contribution in [3.8, 4) is 17.2 Å². The molecular weight excluding hydrogens is 466 g/mol. The summed E-state index contributed by atoms with van der Waals surface area (Å²) >= 11 is 0. The molecule has 0 saturated heterocycles. The van der Waals surface area contributed by atoms with Gasteiger partial charge in [0.2, 0.25) is 0 Å². The van der Waals surface area contributed by atoms with E-state index in [4.69, 9.17) is 9.47 Å². The zero-order chi connectivity index (χ0) is 25.8. The van der Waals surface area contributed by atoms with E-state index in [0.717, 1.165) is 24.0 Å². The van der Waals surface area contributed by atoms with Gasteiger partial charge in [-0.15, -0.1) is 15.0 Å². The van der Waals surface area contributed by atoms with E-state index < -0.39 is 11.9 Å². The van der Waals surface area contributed by atoms with E-state index in [1.165, 1.54) is 10.9 Å². The number of aromatic nitrogens is 3. The number of aryl methyl sites for hydroxylation is 2. The summed E-state index contributed by atoms with van der Waals surface area (Å²) in [7, 11) is 0. The van der Waals surface area contributed by atoms with Crippen molar-refractivity contribution in [3.05, 3.63) is 113 Å². The molecule has 0 saturated carbocycles. The van der Waals surface area contributed by atoms with Crippen LogP contribution in [0, 0.1) is 0 Å². The van der Waals surface area contributed by atoms with Crippen LogP contribution < -0.4 is 9.47 Å². The zero-order valence-electron chi connectivity index (χ0n) is 20.5. The van der Waals surface area contributed by atoms with Crippen LogP contribution in [0.1, 0.15) is 45.7 Å². The first-order chi connectivity index (χ1) is 18.0. The highest BCUT2D eigenvalue weighted by molar-refractivity contribution is 5.92. The van der Waals surface area contributed by atoms with E-state index in [1.54, 1.807) is 36.4 Å². The summed E-state index contributed by atoms with van der Waals surface area (Å²) in [4.78, 5) is 27.2. The molecule has 1 heterocycles. The highest BCUT2D eigenvalue weighted by Crippen LogP contribution is 2.29. The van der Waals surface area contributed by atoms with Gasteiger partial charge in [-0.2, -0.15) is 0 Å². The Morgan fingerprint density at radius 1 is 0.676 bits per heavy atom. The van der Waals surface area contributed by atoms with Gasteiger partial charge in [-0.25, -0.2) is 9.59 Å². The molecule has 0 aliphatic rings. The molecule has 1 aromatic heterocycles. The first-order valence-corrected chi connectivity index (χ1v) is 12.1. The number of nitrogens with zero attached hydrogens (tertiary/aromatic N) is 3. The monoisotopic (exact) mass is 491 g/mol. The summed E-state index contributed by atoms with van der Waals surface area (Å²) < 4.78 is 11.4. The van der Waals surface area contributed by atoms with Crippen LogP contribution in [0.15, 0.2) is 91.0 Å². The minimum atomic E-state index is -0.542. The number of rotatable bonds is 7. The van der Waals surface area contributed by atoms with E-state index in [9.17, 15) is 9.59 Å². The Kier molecular flexibility index (Phi) is 6.76. The standard InChI is InChI=1S/C30H25N3O4/c1-3-20-9-13-22(14-10-20)29(34)36-24-17-18-27(33-31-25-7-5-6-8-26(25)32-33)28(19-24)37-30(35)23-15-11-21(4-2)12-16-23/h5-19H,3-4H2,1-2H3. The number of esters is 2. The van der Waals surface area contributed by atoms with E-state index in [-0.39, 0.29) is 11.5 Å². The van der Waals surface area contributed by atoms with Crippen molar-refractivity contribution in [2.45, 2.75) is 26.7 Å². The van der Waals surface area contributed by atoms with Gasteiger partial charge in [0, 0.05) is 6.07 Å². The number of hydrogen-bond donors (Lipinski definition) is 0. The molecule has 4 aromatic carbocycles. The van der Waals surface area contributed by atoms with Gasteiger partial charge in [0.15, 0.2) is 5.75 Å². The summed E-state index contributed by atoms with van der Waals surface area (Å²) in [5.41, 5.74) is 4.89. The smallest absolute Gasteiger partial charge is 0.343 e. The maximum absolute atomic E-state index is 13.0. The van der Waals surface area contributed by atoms with Crippen molar-refractivity contribution < 1.29 is 19.1 Å². The van der Waals surface area contributed by atoms with Crippen molar-refractivity contribution in [2.24, 2.45) is 0 Å². The van der Waals surface area contributed by atoms with Crippen molar-refractivity contribution in [2.75, 3.05) is 0 Å². The Labute approximate surface area is 214 Å². The van der Waals surface area contributed by atoms with Crippen LogP contribution in [0.2, 0.25) is 0 Å². The van der Waals surface area contributed by atoms with E-state index in [1.807, 2.05) is 62.4 Å². The van der Waals surface area contributed by atoms with Crippen LogP contribution in [-0.2, 0) is 12.8 Å². The van der Waals surface area contributed by atoms with Gasteiger partial charge in [-0.1, -0.05) is 50.2 Å². The van der Waals surface area contributed by atoms with E-state index >= 15 is 0 Å². The lowest BCUT2D eigenvalue weighted by molar-refractivity contribution is 0.0732. The Bertz CT molecular complexity index is 1540. The Morgan fingerprint density at radius 3 is 1.70 bits per heavy atom. The predicted octanol–water partition coefficient (Wildman–Crippen LogP) is 5.98. The first-order valence-electron chi connectivity index (χ1n) is 12.1. The van der Waals surface area contributed by atoms with Crippen LogP contribution in [0.4, 0.5) is 0 Å². The quantitative estimate of drug-likeness (QED) is 0.206. The third-order valence-corrected chi connectivity index (χ3v) is 6.04. The molecule has 37 heavy (non-hydrogen) atoms. The average molecular weight is 492 g/mol. The summed E-state index contributed by atoms with van der Waals surface area (Å²) in [6.45, 7) is 4.10. The second kappa shape index (κ2) is 10.5. The third-order valence-electron chi connectivity index (χ3n) is 6.04. The molecule has 0 aliphatic carbocycles. The fourth-order valence-corrected chi connectivity index (χ4v) is 3.85. The van der Waals surface area contributed by atoms with Gasteiger partial charge >= 0.3 is 11.9 Å². The SMILES string of the molecule is CCc1ccc(C(=O)Oc2ccc(-n3nc4ccccc4n3)c(OC(=O)c3ccc(CC)cc3)c2)cc1. The minimum absolute atomic E-state index is 0.163. The second-order valence-corrected chi connectivity index (χ2v) is 8.49. The van der Waals surface area contributed by atoms with Gasteiger partial charge in [-0.3, -0.25) is 0 Å². The van der Waals surface area contributed by atoms with Gasteiger partial charge in [0.25, 0.3) is 0 Å². The van der Waals surface area contributed by atoms with Gasteiger partial charge in [0.05, 0.1) is 11.1 Å². The van der Waals surface area contributed by atoms with Crippen molar-refractivity contribution in [3.63, 3.8) is 0 Å². The topological polar surface area (TPSA) is 83.3 Å². The molecule has 0 atom stereocenters. The zero-order valence-corrected chi connectivity index (χ0v) is 20.5.